The van der Waals surface area contributed by atoms with Gasteiger partial charge in [0.05, 0.1) is 6.54 Å². The van der Waals surface area contributed by atoms with Crippen molar-refractivity contribution in [2.24, 2.45) is 12.8 Å². The van der Waals surface area contributed by atoms with Gasteiger partial charge in [-0.15, -0.1) is 0 Å². The average molecular weight is 206 g/mol. The number of hydrogen-bond donors (Lipinski definition) is 1. The van der Waals surface area contributed by atoms with Crippen LogP contribution in [0.4, 0.5) is 0 Å². The lowest BCUT2D eigenvalue weighted by atomic mass is 10.4. The van der Waals surface area contributed by atoms with Gasteiger partial charge < -0.3 is 10.2 Å². The fraction of sp³-hybridized carbons (Fsp3) is 0.400. The van der Waals surface area contributed by atoms with Gasteiger partial charge in [-0.05, 0) is 12.1 Å². The average Bonchev–Trinajstić information content (AvgIpc) is 2.83. The van der Waals surface area contributed by atoms with Gasteiger partial charge in [-0.2, -0.15) is 5.10 Å². The van der Waals surface area contributed by atoms with Crippen molar-refractivity contribution < 1.29 is 4.42 Å². The molecule has 0 amide bonds. The Labute approximate surface area is 87.9 Å². The number of nitrogens with two attached hydrogens (primary N) is 1. The second-order valence-electron chi connectivity index (χ2n) is 3.30. The number of aryl methyl sites for hydroxylation is 2. The molecule has 0 aliphatic rings. The minimum Gasteiger partial charge on any atom is -0.456 e. The summed E-state index contributed by atoms with van der Waals surface area (Å²) in [6.45, 7) is 2.42. The molecule has 0 unspecified atom stereocenters. The highest BCUT2D eigenvalue weighted by Crippen LogP contribution is 2.19. The van der Waals surface area contributed by atoms with Crippen molar-refractivity contribution >= 4 is 0 Å². The van der Waals surface area contributed by atoms with Crippen LogP contribution in [0, 0.1) is 0 Å². The molecule has 0 atom stereocenters. The largest absolute Gasteiger partial charge is 0.456 e. The van der Waals surface area contributed by atoms with Crippen LogP contribution in [-0.4, -0.2) is 14.8 Å². The first-order valence-electron chi connectivity index (χ1n) is 4.93. The summed E-state index contributed by atoms with van der Waals surface area (Å²) >= 11 is 0. The van der Waals surface area contributed by atoms with Crippen LogP contribution in [0.2, 0.25) is 0 Å². The smallest absolute Gasteiger partial charge is 0.194 e. The van der Waals surface area contributed by atoms with Gasteiger partial charge in [-0.25, -0.2) is 9.67 Å². The van der Waals surface area contributed by atoms with Crippen LogP contribution in [0.3, 0.4) is 0 Å². The number of nitrogens with zero attached hydrogens (tertiary/aromatic N) is 3. The van der Waals surface area contributed by atoms with E-state index in [4.69, 9.17) is 10.2 Å². The SMILES string of the molecule is CCc1nc(-c2ccc(CN)o2)n(C)n1. The lowest BCUT2D eigenvalue weighted by Crippen LogP contribution is -1.94. The van der Waals surface area contributed by atoms with E-state index in [9.17, 15) is 0 Å². The van der Waals surface area contributed by atoms with Crippen molar-refractivity contribution in [3.05, 3.63) is 23.7 Å². The fourth-order valence-electron chi connectivity index (χ4n) is 1.41. The highest BCUT2D eigenvalue weighted by Gasteiger charge is 2.11. The van der Waals surface area contributed by atoms with E-state index in [0.29, 0.717) is 12.3 Å². The van der Waals surface area contributed by atoms with Crippen LogP contribution in [0.1, 0.15) is 18.5 Å². The molecular weight excluding hydrogens is 192 g/mol. The molecule has 5 heteroatoms. The first kappa shape index (κ1) is 9.92. The number of furan rings is 1. The Morgan fingerprint density at radius 1 is 1.47 bits per heavy atom. The van der Waals surface area contributed by atoms with Gasteiger partial charge in [0, 0.05) is 13.5 Å². The Balaban J connectivity index is 2.39. The Morgan fingerprint density at radius 2 is 2.27 bits per heavy atom. The molecule has 5 nitrogen and oxygen atoms in total. The summed E-state index contributed by atoms with van der Waals surface area (Å²) in [4.78, 5) is 4.36. The molecular formula is C10H14N4O. The zero-order chi connectivity index (χ0) is 10.8. The van der Waals surface area contributed by atoms with Crippen molar-refractivity contribution in [3.8, 4) is 11.6 Å². The highest BCUT2D eigenvalue weighted by molar-refractivity contribution is 5.47. The van der Waals surface area contributed by atoms with Crippen LogP contribution < -0.4 is 5.73 Å². The molecule has 0 aliphatic heterocycles. The molecule has 0 fully saturated rings. The molecule has 0 saturated heterocycles. The first-order chi connectivity index (χ1) is 7.24. The van der Waals surface area contributed by atoms with E-state index in [1.165, 1.54) is 0 Å². The molecule has 2 heterocycles. The van der Waals surface area contributed by atoms with Gasteiger partial charge in [0.2, 0.25) is 0 Å². The minimum atomic E-state index is 0.401. The lowest BCUT2D eigenvalue weighted by Gasteiger charge is -1.94. The topological polar surface area (TPSA) is 69.9 Å². The Kier molecular flexibility index (Phi) is 2.55. The van der Waals surface area contributed by atoms with Crippen LogP contribution in [0.25, 0.3) is 11.6 Å². The summed E-state index contributed by atoms with van der Waals surface area (Å²) in [5, 5.41) is 4.25. The van der Waals surface area contributed by atoms with Crippen LogP contribution in [0.5, 0.6) is 0 Å². The molecule has 0 bridgehead atoms. The minimum absolute atomic E-state index is 0.401. The molecule has 0 spiro atoms. The van der Waals surface area contributed by atoms with Gasteiger partial charge >= 0.3 is 0 Å². The van der Waals surface area contributed by atoms with E-state index in [2.05, 4.69) is 10.1 Å². The monoisotopic (exact) mass is 206 g/mol. The summed E-state index contributed by atoms with van der Waals surface area (Å²) in [6.07, 6.45) is 0.818. The van der Waals surface area contributed by atoms with Gasteiger partial charge in [-0.1, -0.05) is 6.92 Å². The summed E-state index contributed by atoms with van der Waals surface area (Å²) in [7, 11) is 1.85. The maximum atomic E-state index is 5.51. The maximum Gasteiger partial charge on any atom is 0.194 e. The van der Waals surface area contributed by atoms with Crippen molar-refractivity contribution in [2.75, 3.05) is 0 Å². The molecule has 0 aliphatic carbocycles. The maximum absolute atomic E-state index is 5.51. The predicted molar refractivity (Wildman–Crippen MR) is 56.0 cm³/mol. The zero-order valence-corrected chi connectivity index (χ0v) is 8.90. The van der Waals surface area contributed by atoms with E-state index in [1.54, 1.807) is 4.68 Å². The number of hydrogen-bond acceptors (Lipinski definition) is 4. The van der Waals surface area contributed by atoms with E-state index < -0.39 is 0 Å². The molecule has 15 heavy (non-hydrogen) atoms. The second-order valence-corrected chi connectivity index (χ2v) is 3.30. The van der Waals surface area contributed by atoms with Gasteiger partial charge in [0.1, 0.15) is 5.76 Å². The van der Waals surface area contributed by atoms with Crippen LogP contribution in [-0.2, 0) is 20.0 Å². The highest BCUT2D eigenvalue weighted by atomic mass is 16.3. The second kappa shape index (κ2) is 3.86. The summed E-state index contributed by atoms with van der Waals surface area (Å²) in [5.41, 5.74) is 5.47. The third-order valence-corrected chi connectivity index (χ3v) is 2.21. The van der Waals surface area contributed by atoms with E-state index in [-0.39, 0.29) is 0 Å². The molecule has 2 N–H and O–H groups in total. The van der Waals surface area contributed by atoms with Crippen LogP contribution in [0.15, 0.2) is 16.5 Å². The van der Waals surface area contributed by atoms with Gasteiger partial charge in [0.25, 0.3) is 0 Å². The van der Waals surface area contributed by atoms with Gasteiger partial charge in [0.15, 0.2) is 17.4 Å². The fourth-order valence-corrected chi connectivity index (χ4v) is 1.41. The molecule has 2 aromatic rings. The number of rotatable bonds is 3. The van der Waals surface area contributed by atoms with Crippen molar-refractivity contribution in [1.82, 2.24) is 14.8 Å². The van der Waals surface area contributed by atoms with Crippen molar-refractivity contribution in [2.45, 2.75) is 19.9 Å². The lowest BCUT2D eigenvalue weighted by molar-refractivity contribution is 0.518. The predicted octanol–water partition coefficient (Wildman–Crippen LogP) is 1.10. The molecule has 0 radical (unpaired) electrons. The summed E-state index contributed by atoms with van der Waals surface area (Å²) in [6, 6.07) is 3.72. The molecule has 80 valence electrons. The van der Waals surface area contributed by atoms with Crippen LogP contribution >= 0.6 is 0 Å². The number of aromatic nitrogens is 3. The third kappa shape index (κ3) is 1.78. The summed E-state index contributed by atoms with van der Waals surface area (Å²) in [5.74, 6) is 3.03. The molecule has 2 aromatic heterocycles. The first-order valence-corrected chi connectivity index (χ1v) is 4.93. The van der Waals surface area contributed by atoms with Gasteiger partial charge in [-0.3, -0.25) is 0 Å². The summed E-state index contributed by atoms with van der Waals surface area (Å²) < 4.78 is 7.23. The Morgan fingerprint density at radius 3 is 2.80 bits per heavy atom. The Hall–Kier alpha value is -1.62. The molecule has 0 saturated carbocycles. The zero-order valence-electron chi connectivity index (χ0n) is 8.90. The molecule has 2 rings (SSSR count). The van der Waals surface area contributed by atoms with Crippen molar-refractivity contribution in [1.29, 1.82) is 0 Å². The third-order valence-electron chi connectivity index (χ3n) is 2.21. The van der Waals surface area contributed by atoms with Crippen molar-refractivity contribution in [3.63, 3.8) is 0 Å². The van der Waals surface area contributed by atoms with E-state index >= 15 is 0 Å². The van der Waals surface area contributed by atoms with E-state index in [0.717, 1.165) is 23.8 Å². The Bertz CT molecular complexity index is 458. The quantitative estimate of drug-likeness (QED) is 0.816. The standard InChI is InChI=1S/C10H14N4O/c1-3-9-12-10(14(2)13-9)8-5-4-7(6-11)15-8/h4-5H,3,6,11H2,1-2H3. The molecule has 0 aromatic carbocycles. The normalized spacial score (nSPS) is 10.9. The van der Waals surface area contributed by atoms with E-state index in [1.807, 2.05) is 26.1 Å².